The van der Waals surface area contributed by atoms with Crippen LogP contribution in [0.25, 0.3) is 32.7 Å². The van der Waals surface area contributed by atoms with Crippen molar-refractivity contribution in [2.75, 3.05) is 0 Å². The smallest absolute Gasteiger partial charge is 0.0249 e. The maximum Gasteiger partial charge on any atom is 0.0249 e. The van der Waals surface area contributed by atoms with E-state index in [9.17, 15) is 0 Å². The Morgan fingerprint density at radius 2 is 1.25 bits per heavy atom. The molecule has 0 aliphatic carbocycles. The first kappa shape index (κ1) is 20.1. The molecule has 0 saturated carbocycles. The highest BCUT2D eigenvalue weighted by molar-refractivity contribution is 6.11. The van der Waals surface area contributed by atoms with Gasteiger partial charge in [-0.3, -0.25) is 0 Å². The summed E-state index contributed by atoms with van der Waals surface area (Å²) in [5.41, 5.74) is 5.97. The van der Waals surface area contributed by atoms with Crippen molar-refractivity contribution in [3.05, 3.63) is 120 Å². The Morgan fingerprint density at radius 1 is 0.562 bits per heavy atom. The predicted octanol–water partition coefficient (Wildman–Crippen LogP) is 8.40. The van der Waals surface area contributed by atoms with Gasteiger partial charge < -0.3 is 0 Å². The maximum atomic E-state index is 3.31. The summed E-state index contributed by atoms with van der Waals surface area (Å²) in [6, 6.07) is 36.9. The Kier molecular flexibility index (Phi) is 5.73. The van der Waals surface area contributed by atoms with Gasteiger partial charge in [0, 0.05) is 11.1 Å². The zero-order chi connectivity index (χ0) is 21.8. The fourth-order valence-corrected chi connectivity index (χ4v) is 4.31. The summed E-state index contributed by atoms with van der Waals surface area (Å²) in [5.74, 6) is 6.62. The van der Waals surface area contributed by atoms with E-state index in [2.05, 4.69) is 122 Å². The third-order valence-electron chi connectivity index (χ3n) is 6.11. The van der Waals surface area contributed by atoms with Crippen LogP contribution in [0.1, 0.15) is 36.5 Å². The van der Waals surface area contributed by atoms with Crippen molar-refractivity contribution in [2.24, 2.45) is 0 Å². The quantitative estimate of drug-likeness (QED) is 0.206. The van der Waals surface area contributed by atoms with Crippen molar-refractivity contribution in [2.45, 2.75) is 26.2 Å². The van der Waals surface area contributed by atoms with Gasteiger partial charge in [-0.25, -0.2) is 0 Å². The van der Waals surface area contributed by atoms with Crippen molar-refractivity contribution in [3.8, 4) is 23.0 Å². The number of hydrogen-bond acceptors (Lipinski definition) is 0. The van der Waals surface area contributed by atoms with E-state index >= 15 is 0 Å². The molecule has 32 heavy (non-hydrogen) atoms. The zero-order valence-electron chi connectivity index (χ0n) is 18.4. The molecule has 0 unspecified atom stereocenters. The number of fused-ring (bicyclic) bond motifs is 3. The standard InChI is InChI=1S/C32H26/c1-2-3-7-24-12-14-25(15-13-24)16-17-26-18-20-28(21-19-26)30-10-6-11-31-29-9-5-4-8-27(29)22-23-32(30)31/h4-6,8-15,18-23H,2-3,7H2,1H3. The number of hydrogen-bond donors (Lipinski definition) is 0. The molecule has 0 aliphatic rings. The summed E-state index contributed by atoms with van der Waals surface area (Å²) in [4.78, 5) is 0. The molecule has 0 amide bonds. The molecule has 0 heterocycles. The topological polar surface area (TPSA) is 0 Å². The lowest BCUT2D eigenvalue weighted by Gasteiger charge is -2.10. The minimum Gasteiger partial charge on any atom is -0.0654 e. The van der Waals surface area contributed by atoms with Crippen LogP contribution in [-0.4, -0.2) is 0 Å². The molecule has 0 radical (unpaired) electrons. The highest BCUT2D eigenvalue weighted by atomic mass is 14.1. The SMILES string of the molecule is CCCCc1ccc(C#Cc2ccc(-c3cccc4c3ccc3ccccc34)cc2)cc1. The maximum absolute atomic E-state index is 3.31. The van der Waals surface area contributed by atoms with Gasteiger partial charge in [0.15, 0.2) is 0 Å². The van der Waals surface area contributed by atoms with Crippen molar-refractivity contribution >= 4 is 21.5 Å². The average molecular weight is 411 g/mol. The van der Waals surface area contributed by atoms with Crippen molar-refractivity contribution in [1.29, 1.82) is 0 Å². The van der Waals surface area contributed by atoms with Gasteiger partial charge in [0.1, 0.15) is 0 Å². The van der Waals surface area contributed by atoms with Crippen LogP contribution in [0.5, 0.6) is 0 Å². The summed E-state index contributed by atoms with van der Waals surface area (Å²) in [6.45, 7) is 2.23. The van der Waals surface area contributed by atoms with Gasteiger partial charge in [-0.05, 0) is 75.3 Å². The minimum atomic E-state index is 1.04. The van der Waals surface area contributed by atoms with Gasteiger partial charge in [0.2, 0.25) is 0 Å². The lowest BCUT2D eigenvalue weighted by atomic mass is 9.94. The monoisotopic (exact) mass is 410 g/mol. The molecule has 5 rings (SSSR count). The molecule has 0 atom stereocenters. The Labute approximate surface area is 190 Å². The molecule has 0 fully saturated rings. The van der Waals surface area contributed by atoms with E-state index < -0.39 is 0 Å². The predicted molar refractivity (Wildman–Crippen MR) is 138 cm³/mol. The second-order valence-electron chi connectivity index (χ2n) is 8.32. The first-order valence-corrected chi connectivity index (χ1v) is 11.4. The Morgan fingerprint density at radius 3 is 2.00 bits per heavy atom. The van der Waals surface area contributed by atoms with Crippen LogP contribution in [0.2, 0.25) is 0 Å². The van der Waals surface area contributed by atoms with Crippen molar-refractivity contribution < 1.29 is 0 Å². The van der Waals surface area contributed by atoms with Crippen LogP contribution < -0.4 is 0 Å². The van der Waals surface area contributed by atoms with E-state index in [4.69, 9.17) is 0 Å². The van der Waals surface area contributed by atoms with Gasteiger partial charge >= 0.3 is 0 Å². The summed E-state index contributed by atoms with van der Waals surface area (Å²) >= 11 is 0. The molecule has 5 aromatic rings. The normalized spacial score (nSPS) is 10.8. The molecule has 0 N–H and O–H groups in total. The van der Waals surface area contributed by atoms with E-state index in [1.165, 1.54) is 51.1 Å². The number of benzene rings is 5. The molecular formula is C32H26. The van der Waals surface area contributed by atoms with Gasteiger partial charge in [-0.2, -0.15) is 0 Å². The third kappa shape index (κ3) is 4.16. The van der Waals surface area contributed by atoms with Gasteiger partial charge in [0.25, 0.3) is 0 Å². The van der Waals surface area contributed by atoms with Crippen LogP contribution in [-0.2, 0) is 6.42 Å². The molecule has 0 aliphatic heterocycles. The minimum absolute atomic E-state index is 1.04. The van der Waals surface area contributed by atoms with Crippen molar-refractivity contribution in [1.82, 2.24) is 0 Å². The van der Waals surface area contributed by atoms with E-state index in [1.807, 2.05) is 0 Å². The largest absolute Gasteiger partial charge is 0.0654 e. The summed E-state index contributed by atoms with van der Waals surface area (Å²) in [5, 5.41) is 5.16. The molecule has 0 spiro atoms. The van der Waals surface area contributed by atoms with Crippen molar-refractivity contribution in [3.63, 3.8) is 0 Å². The molecule has 0 heteroatoms. The van der Waals surface area contributed by atoms with Crippen LogP contribution in [0.4, 0.5) is 0 Å². The lowest BCUT2D eigenvalue weighted by molar-refractivity contribution is 0.795. The fourth-order valence-electron chi connectivity index (χ4n) is 4.31. The fraction of sp³-hybridized carbons (Fsp3) is 0.125. The molecule has 5 aromatic carbocycles. The van der Waals surface area contributed by atoms with Crippen LogP contribution in [0.3, 0.4) is 0 Å². The van der Waals surface area contributed by atoms with Crippen LogP contribution in [0.15, 0.2) is 103 Å². The number of rotatable bonds is 4. The van der Waals surface area contributed by atoms with Crippen LogP contribution in [0, 0.1) is 11.8 Å². The van der Waals surface area contributed by atoms with E-state index in [1.54, 1.807) is 0 Å². The summed E-state index contributed by atoms with van der Waals surface area (Å²) in [6.07, 6.45) is 3.62. The molecule has 0 nitrogen and oxygen atoms in total. The number of unbranched alkanes of at least 4 members (excludes halogenated alkanes) is 1. The highest BCUT2D eigenvalue weighted by Crippen LogP contribution is 2.33. The summed E-state index contributed by atoms with van der Waals surface area (Å²) in [7, 11) is 0. The van der Waals surface area contributed by atoms with Gasteiger partial charge in [-0.15, -0.1) is 0 Å². The second kappa shape index (κ2) is 9.13. The Bertz CT molecular complexity index is 1430. The first-order chi connectivity index (χ1) is 15.8. The third-order valence-corrected chi connectivity index (χ3v) is 6.11. The van der Waals surface area contributed by atoms with E-state index in [-0.39, 0.29) is 0 Å². The Balaban J connectivity index is 1.42. The van der Waals surface area contributed by atoms with E-state index in [0.717, 1.165) is 17.5 Å². The molecule has 0 bridgehead atoms. The zero-order valence-corrected chi connectivity index (χ0v) is 18.4. The van der Waals surface area contributed by atoms with Gasteiger partial charge in [0.05, 0.1) is 0 Å². The summed E-state index contributed by atoms with van der Waals surface area (Å²) < 4.78 is 0. The second-order valence-corrected chi connectivity index (χ2v) is 8.32. The molecule has 154 valence electrons. The first-order valence-electron chi connectivity index (χ1n) is 11.4. The number of aryl methyl sites for hydroxylation is 1. The lowest BCUT2D eigenvalue weighted by Crippen LogP contribution is -1.85. The molecular weight excluding hydrogens is 384 g/mol. The highest BCUT2D eigenvalue weighted by Gasteiger charge is 2.06. The average Bonchev–Trinajstić information content (AvgIpc) is 2.86. The van der Waals surface area contributed by atoms with E-state index in [0.29, 0.717) is 0 Å². The molecule has 0 saturated heterocycles. The van der Waals surface area contributed by atoms with Gasteiger partial charge in [-0.1, -0.05) is 104 Å². The van der Waals surface area contributed by atoms with Crippen LogP contribution >= 0.6 is 0 Å². The molecule has 0 aromatic heterocycles. The Hall–Kier alpha value is -3.82.